The molecule has 6 heteroatoms. The third kappa shape index (κ3) is 7.04. The van der Waals surface area contributed by atoms with Gasteiger partial charge in [0.15, 0.2) is 0 Å². The number of aromatic nitrogens is 1. The lowest BCUT2D eigenvalue weighted by Crippen LogP contribution is -2.28. The van der Waals surface area contributed by atoms with Gasteiger partial charge in [0.05, 0.1) is 4.88 Å². The van der Waals surface area contributed by atoms with Crippen LogP contribution in [0.5, 0.6) is 5.75 Å². The SMILES string of the molecule is CC.CC(C)C1CCc2nc3sc(C(=O)NCCN)cc3cc2C1.Cc1ccc(O)cc1. The van der Waals surface area contributed by atoms with Crippen molar-refractivity contribution in [3.05, 3.63) is 58.1 Å². The molecule has 0 bridgehead atoms. The zero-order valence-electron chi connectivity index (χ0n) is 19.9. The number of nitrogens with zero attached hydrogens (tertiary/aromatic N) is 1. The van der Waals surface area contributed by atoms with E-state index in [1.807, 2.05) is 39.0 Å². The number of carbonyl (C=O) groups excluding carboxylic acids is 1. The molecule has 0 radical (unpaired) electrons. The standard InChI is InChI=1S/C17H23N3OS.C7H8O.C2H6/c1-10(2)11-3-4-14-12(7-11)8-13-9-15(22-17(13)20-14)16(21)19-6-5-18;1-6-2-4-7(8)5-3-6;1-2/h8-11H,3-7,18H2,1-2H3,(H,19,21);2-5,8H,1H3;1-2H3. The van der Waals surface area contributed by atoms with E-state index >= 15 is 0 Å². The molecule has 0 saturated carbocycles. The van der Waals surface area contributed by atoms with Crippen LogP contribution in [0.1, 0.15) is 60.6 Å². The fraction of sp³-hybridized carbons (Fsp3) is 0.462. The topological polar surface area (TPSA) is 88.2 Å². The van der Waals surface area contributed by atoms with Crippen molar-refractivity contribution in [2.45, 2.75) is 53.9 Å². The highest BCUT2D eigenvalue weighted by atomic mass is 32.1. The summed E-state index contributed by atoms with van der Waals surface area (Å²) in [6, 6.07) is 11.3. The minimum Gasteiger partial charge on any atom is -0.508 e. The average Bonchev–Trinajstić information content (AvgIpc) is 3.22. The number of hydrogen-bond acceptors (Lipinski definition) is 5. The molecule has 1 aliphatic rings. The zero-order chi connectivity index (χ0) is 23.7. The zero-order valence-corrected chi connectivity index (χ0v) is 20.8. The Morgan fingerprint density at radius 1 is 1.25 bits per heavy atom. The summed E-state index contributed by atoms with van der Waals surface area (Å²) in [7, 11) is 0. The molecule has 4 N–H and O–H groups in total. The van der Waals surface area contributed by atoms with E-state index in [0.29, 0.717) is 24.8 Å². The summed E-state index contributed by atoms with van der Waals surface area (Å²) in [6.07, 6.45) is 3.39. The summed E-state index contributed by atoms with van der Waals surface area (Å²) in [4.78, 5) is 18.6. The number of phenolic OH excluding ortho intramolecular Hbond substituents is 1. The summed E-state index contributed by atoms with van der Waals surface area (Å²) in [5, 5.41) is 12.7. The Labute approximate surface area is 196 Å². The van der Waals surface area contributed by atoms with Gasteiger partial charge in [0.25, 0.3) is 5.91 Å². The largest absolute Gasteiger partial charge is 0.508 e. The summed E-state index contributed by atoms with van der Waals surface area (Å²) >= 11 is 1.47. The number of aryl methyl sites for hydroxylation is 2. The Morgan fingerprint density at radius 2 is 1.94 bits per heavy atom. The van der Waals surface area contributed by atoms with Crippen LogP contribution in [0.15, 0.2) is 36.4 Å². The molecule has 1 atom stereocenters. The number of hydrogen-bond donors (Lipinski definition) is 3. The van der Waals surface area contributed by atoms with Crippen molar-refractivity contribution in [3.63, 3.8) is 0 Å². The van der Waals surface area contributed by atoms with Crippen LogP contribution < -0.4 is 11.1 Å². The molecule has 2 heterocycles. The predicted molar refractivity (Wildman–Crippen MR) is 136 cm³/mol. The first-order valence-electron chi connectivity index (χ1n) is 11.5. The molecular weight excluding hydrogens is 418 g/mol. The van der Waals surface area contributed by atoms with Gasteiger partial charge in [-0.15, -0.1) is 11.3 Å². The Kier molecular flexibility index (Phi) is 10.1. The van der Waals surface area contributed by atoms with Gasteiger partial charge in [0, 0.05) is 24.2 Å². The summed E-state index contributed by atoms with van der Waals surface area (Å²) in [5.74, 6) is 1.74. The van der Waals surface area contributed by atoms with E-state index in [2.05, 4.69) is 25.2 Å². The highest BCUT2D eigenvalue weighted by molar-refractivity contribution is 7.20. The van der Waals surface area contributed by atoms with E-state index in [1.54, 1.807) is 12.1 Å². The van der Waals surface area contributed by atoms with Crippen LogP contribution in [0.4, 0.5) is 0 Å². The number of carbonyl (C=O) groups is 1. The lowest BCUT2D eigenvalue weighted by molar-refractivity contribution is 0.0959. The smallest absolute Gasteiger partial charge is 0.261 e. The van der Waals surface area contributed by atoms with E-state index in [4.69, 9.17) is 15.8 Å². The van der Waals surface area contributed by atoms with Crippen LogP contribution >= 0.6 is 11.3 Å². The van der Waals surface area contributed by atoms with Crippen LogP contribution in [-0.2, 0) is 12.8 Å². The van der Waals surface area contributed by atoms with Gasteiger partial charge in [-0.1, -0.05) is 45.4 Å². The van der Waals surface area contributed by atoms with E-state index in [-0.39, 0.29) is 5.91 Å². The lowest BCUT2D eigenvalue weighted by atomic mass is 9.80. The number of thiophene rings is 1. The van der Waals surface area contributed by atoms with Crippen molar-refractivity contribution in [2.24, 2.45) is 17.6 Å². The maximum atomic E-state index is 12.1. The van der Waals surface area contributed by atoms with Crippen LogP contribution in [0.3, 0.4) is 0 Å². The third-order valence-corrected chi connectivity index (χ3v) is 6.59. The molecular formula is C26H37N3O2S. The number of pyridine rings is 1. The Balaban J connectivity index is 0.000000304. The van der Waals surface area contributed by atoms with Crippen molar-refractivity contribution in [3.8, 4) is 5.75 Å². The van der Waals surface area contributed by atoms with Crippen molar-refractivity contribution >= 4 is 27.5 Å². The molecule has 174 valence electrons. The number of nitrogens with one attached hydrogen (secondary N) is 1. The molecule has 0 spiro atoms. The molecule has 1 amide bonds. The first-order chi connectivity index (χ1) is 15.4. The number of amides is 1. The molecule has 1 aliphatic carbocycles. The Morgan fingerprint density at radius 3 is 2.53 bits per heavy atom. The van der Waals surface area contributed by atoms with Crippen molar-refractivity contribution in [1.82, 2.24) is 10.3 Å². The monoisotopic (exact) mass is 455 g/mol. The maximum absolute atomic E-state index is 12.1. The van der Waals surface area contributed by atoms with Crippen LogP contribution in [0.25, 0.3) is 10.2 Å². The normalized spacial score (nSPS) is 14.7. The number of rotatable bonds is 4. The lowest BCUT2D eigenvalue weighted by Gasteiger charge is -2.26. The van der Waals surface area contributed by atoms with Gasteiger partial charge in [0.1, 0.15) is 10.6 Å². The number of aromatic hydroxyl groups is 1. The van der Waals surface area contributed by atoms with Gasteiger partial charge < -0.3 is 16.2 Å². The van der Waals surface area contributed by atoms with E-state index in [9.17, 15) is 4.79 Å². The number of benzene rings is 1. The second kappa shape index (κ2) is 12.6. The third-order valence-electron chi connectivity index (χ3n) is 5.54. The summed E-state index contributed by atoms with van der Waals surface area (Å²) < 4.78 is 0. The molecule has 1 aromatic carbocycles. The van der Waals surface area contributed by atoms with Gasteiger partial charge in [-0.2, -0.15) is 0 Å². The summed E-state index contributed by atoms with van der Waals surface area (Å²) in [5.41, 5.74) is 9.18. The molecule has 4 rings (SSSR count). The highest BCUT2D eigenvalue weighted by Gasteiger charge is 2.23. The van der Waals surface area contributed by atoms with Gasteiger partial charge in [-0.3, -0.25) is 4.79 Å². The van der Waals surface area contributed by atoms with Crippen molar-refractivity contribution in [1.29, 1.82) is 0 Å². The molecule has 0 aliphatic heterocycles. The van der Waals surface area contributed by atoms with Crippen LogP contribution in [0.2, 0.25) is 0 Å². The fourth-order valence-electron chi connectivity index (χ4n) is 3.65. The molecule has 0 fully saturated rings. The van der Waals surface area contributed by atoms with Crippen LogP contribution in [-0.4, -0.2) is 29.1 Å². The molecule has 1 unspecified atom stereocenters. The highest BCUT2D eigenvalue weighted by Crippen LogP contribution is 2.33. The summed E-state index contributed by atoms with van der Waals surface area (Å²) in [6.45, 7) is 11.5. The maximum Gasteiger partial charge on any atom is 0.261 e. The van der Waals surface area contributed by atoms with Crippen molar-refractivity contribution < 1.29 is 9.90 Å². The van der Waals surface area contributed by atoms with Crippen molar-refractivity contribution in [2.75, 3.05) is 13.1 Å². The van der Waals surface area contributed by atoms with Gasteiger partial charge in [-0.25, -0.2) is 4.98 Å². The fourth-order valence-corrected chi connectivity index (χ4v) is 4.60. The predicted octanol–water partition coefficient (Wildman–Crippen LogP) is 5.47. The second-order valence-electron chi connectivity index (χ2n) is 8.23. The molecule has 32 heavy (non-hydrogen) atoms. The van der Waals surface area contributed by atoms with E-state index in [1.165, 1.54) is 34.6 Å². The second-order valence-corrected chi connectivity index (χ2v) is 9.26. The first-order valence-corrected chi connectivity index (χ1v) is 12.3. The number of fused-ring (bicyclic) bond motifs is 2. The minimum atomic E-state index is -0.0496. The van der Waals surface area contributed by atoms with Gasteiger partial charge >= 0.3 is 0 Å². The average molecular weight is 456 g/mol. The quantitative estimate of drug-likeness (QED) is 0.486. The molecule has 0 saturated heterocycles. The molecule has 3 aromatic rings. The Bertz CT molecular complexity index is 975. The van der Waals surface area contributed by atoms with Gasteiger partial charge in [0.2, 0.25) is 0 Å². The number of nitrogens with two attached hydrogens (primary N) is 1. The first kappa shape index (κ1) is 25.8. The van der Waals surface area contributed by atoms with E-state index in [0.717, 1.165) is 33.9 Å². The van der Waals surface area contributed by atoms with Crippen LogP contribution in [0, 0.1) is 18.8 Å². The molecule has 5 nitrogen and oxygen atoms in total. The number of phenols is 1. The van der Waals surface area contributed by atoms with Gasteiger partial charge in [-0.05, 0) is 67.9 Å². The molecule has 2 aromatic heterocycles. The van der Waals surface area contributed by atoms with E-state index < -0.39 is 0 Å². The minimum absolute atomic E-state index is 0.0496. The Hall–Kier alpha value is -2.44.